The highest BCUT2D eigenvalue weighted by Crippen LogP contribution is 2.30. The Balaban J connectivity index is 1.73. The first-order valence-electron chi connectivity index (χ1n) is 5.82. The molecule has 1 aromatic rings. The zero-order chi connectivity index (χ0) is 11.0. The number of rotatable bonds is 2. The summed E-state index contributed by atoms with van der Waals surface area (Å²) >= 11 is 6.00. The number of halogens is 1. The van der Waals surface area contributed by atoms with E-state index in [-0.39, 0.29) is 0 Å². The van der Waals surface area contributed by atoms with Gasteiger partial charge in [-0.25, -0.2) is 9.97 Å². The van der Waals surface area contributed by atoms with E-state index < -0.39 is 0 Å². The summed E-state index contributed by atoms with van der Waals surface area (Å²) in [5.41, 5.74) is 0. The van der Waals surface area contributed by atoms with Crippen molar-refractivity contribution in [3.63, 3.8) is 0 Å². The first-order valence-corrected chi connectivity index (χ1v) is 6.19. The van der Waals surface area contributed by atoms with Crippen molar-refractivity contribution >= 4 is 17.4 Å². The number of nitrogens with zero attached hydrogens (tertiary/aromatic N) is 3. The summed E-state index contributed by atoms with van der Waals surface area (Å²) in [6, 6.07) is 1.15. The first-order chi connectivity index (χ1) is 7.84. The number of hydrogen-bond donors (Lipinski definition) is 1. The van der Waals surface area contributed by atoms with Gasteiger partial charge in [-0.3, -0.25) is 4.90 Å². The van der Waals surface area contributed by atoms with Crippen LogP contribution in [0.25, 0.3) is 0 Å². The molecule has 0 aliphatic carbocycles. The van der Waals surface area contributed by atoms with Gasteiger partial charge in [-0.15, -0.1) is 0 Å². The molecule has 3 rings (SSSR count). The largest absolute Gasteiger partial charge is 0.363 e. The third-order valence-corrected chi connectivity index (χ3v) is 3.86. The summed E-state index contributed by atoms with van der Waals surface area (Å²) in [5.74, 6) is 0.725. The smallest absolute Gasteiger partial charge is 0.171 e. The Labute approximate surface area is 100 Å². The van der Waals surface area contributed by atoms with Crippen molar-refractivity contribution in [2.24, 2.45) is 0 Å². The van der Waals surface area contributed by atoms with Crippen molar-refractivity contribution in [2.45, 2.75) is 31.3 Å². The maximum Gasteiger partial charge on any atom is 0.171 e. The van der Waals surface area contributed by atoms with Crippen LogP contribution in [0.15, 0.2) is 12.4 Å². The second-order valence-electron chi connectivity index (χ2n) is 4.48. The minimum absolute atomic E-state index is 0.471. The summed E-state index contributed by atoms with van der Waals surface area (Å²) < 4.78 is 0. The summed E-state index contributed by atoms with van der Waals surface area (Å²) in [4.78, 5) is 10.8. The molecule has 0 aromatic carbocycles. The van der Waals surface area contributed by atoms with Gasteiger partial charge in [-0.05, 0) is 25.8 Å². The second kappa shape index (κ2) is 4.18. The van der Waals surface area contributed by atoms with Gasteiger partial charge in [0.2, 0.25) is 0 Å². The fourth-order valence-corrected chi connectivity index (χ4v) is 3.00. The Morgan fingerprint density at radius 1 is 1.25 bits per heavy atom. The number of fused-ring (bicyclic) bond motifs is 1. The lowest BCUT2D eigenvalue weighted by atomic mass is 10.1. The van der Waals surface area contributed by atoms with E-state index in [4.69, 9.17) is 11.6 Å². The Morgan fingerprint density at radius 2 is 2.12 bits per heavy atom. The number of hydrogen-bond acceptors (Lipinski definition) is 4. The molecule has 5 heteroatoms. The van der Waals surface area contributed by atoms with Crippen LogP contribution in [0.4, 0.5) is 5.82 Å². The number of anilines is 1. The molecule has 2 saturated heterocycles. The lowest BCUT2D eigenvalue weighted by molar-refractivity contribution is 0.318. The van der Waals surface area contributed by atoms with Crippen LogP contribution in [0.5, 0.6) is 0 Å². The summed E-state index contributed by atoms with van der Waals surface area (Å²) in [6.45, 7) is 2.44. The van der Waals surface area contributed by atoms with E-state index in [1.807, 2.05) is 0 Å². The van der Waals surface area contributed by atoms with Crippen LogP contribution in [-0.2, 0) is 0 Å². The van der Waals surface area contributed by atoms with Crippen LogP contribution >= 0.6 is 11.6 Å². The Bertz CT molecular complexity index is 384. The molecule has 1 N–H and O–H groups in total. The average Bonchev–Trinajstić information content (AvgIpc) is 2.86. The summed E-state index contributed by atoms with van der Waals surface area (Å²) in [5, 5.41) is 3.90. The zero-order valence-electron chi connectivity index (χ0n) is 9.06. The van der Waals surface area contributed by atoms with E-state index in [1.54, 1.807) is 12.4 Å². The van der Waals surface area contributed by atoms with Crippen LogP contribution in [0, 0.1) is 0 Å². The topological polar surface area (TPSA) is 41.1 Å². The van der Waals surface area contributed by atoms with Crippen LogP contribution < -0.4 is 5.32 Å². The number of nitrogens with one attached hydrogen (secondary N) is 1. The molecule has 0 bridgehead atoms. The summed E-state index contributed by atoms with van der Waals surface area (Å²) in [7, 11) is 0. The minimum Gasteiger partial charge on any atom is -0.363 e. The molecule has 2 unspecified atom stereocenters. The monoisotopic (exact) mass is 238 g/mol. The standard InChI is InChI=1S/C11H15ClN4/c12-10-11(14-5-4-13-10)15-8-3-7-16-6-1-2-9(8)16/h4-5,8-9H,1-3,6-7H2,(H,14,15). The molecule has 2 fully saturated rings. The molecule has 0 saturated carbocycles. The molecule has 3 heterocycles. The van der Waals surface area contributed by atoms with E-state index in [9.17, 15) is 0 Å². The predicted molar refractivity (Wildman–Crippen MR) is 63.7 cm³/mol. The maximum atomic E-state index is 6.00. The second-order valence-corrected chi connectivity index (χ2v) is 4.84. The molecule has 0 radical (unpaired) electrons. The fraction of sp³-hybridized carbons (Fsp3) is 0.636. The maximum absolute atomic E-state index is 6.00. The van der Waals surface area contributed by atoms with Gasteiger partial charge in [0, 0.05) is 31.0 Å². The molecule has 0 spiro atoms. The van der Waals surface area contributed by atoms with Crippen molar-refractivity contribution in [1.29, 1.82) is 0 Å². The third-order valence-electron chi connectivity index (χ3n) is 3.58. The van der Waals surface area contributed by atoms with Gasteiger partial charge in [0.25, 0.3) is 0 Å². The van der Waals surface area contributed by atoms with Gasteiger partial charge in [0.1, 0.15) is 0 Å². The van der Waals surface area contributed by atoms with Crippen molar-refractivity contribution in [2.75, 3.05) is 18.4 Å². The van der Waals surface area contributed by atoms with E-state index in [0.29, 0.717) is 17.2 Å². The van der Waals surface area contributed by atoms with E-state index >= 15 is 0 Å². The molecule has 2 aliphatic rings. The van der Waals surface area contributed by atoms with Crippen molar-refractivity contribution in [3.05, 3.63) is 17.5 Å². The zero-order valence-corrected chi connectivity index (χ0v) is 9.82. The Kier molecular flexibility index (Phi) is 2.69. The van der Waals surface area contributed by atoms with Gasteiger partial charge >= 0.3 is 0 Å². The highest BCUT2D eigenvalue weighted by Gasteiger charge is 2.37. The van der Waals surface area contributed by atoms with Gasteiger partial charge < -0.3 is 5.32 Å². The van der Waals surface area contributed by atoms with Gasteiger partial charge in [-0.1, -0.05) is 11.6 Å². The van der Waals surface area contributed by atoms with Crippen molar-refractivity contribution in [3.8, 4) is 0 Å². The van der Waals surface area contributed by atoms with Crippen LogP contribution in [0.3, 0.4) is 0 Å². The van der Waals surface area contributed by atoms with Crippen LogP contribution in [-0.4, -0.2) is 40.0 Å². The lowest BCUT2D eigenvalue weighted by Gasteiger charge is -2.21. The normalized spacial score (nSPS) is 29.3. The highest BCUT2D eigenvalue weighted by atomic mass is 35.5. The van der Waals surface area contributed by atoms with Crippen LogP contribution in [0.1, 0.15) is 19.3 Å². The quantitative estimate of drug-likeness (QED) is 0.853. The van der Waals surface area contributed by atoms with Crippen LogP contribution in [0.2, 0.25) is 5.15 Å². The summed E-state index contributed by atoms with van der Waals surface area (Å²) in [6.07, 6.45) is 7.07. The van der Waals surface area contributed by atoms with Crippen molar-refractivity contribution < 1.29 is 0 Å². The molecular weight excluding hydrogens is 224 g/mol. The molecular formula is C11H15ClN4. The van der Waals surface area contributed by atoms with Gasteiger partial charge in [0.15, 0.2) is 11.0 Å². The van der Waals surface area contributed by atoms with Gasteiger partial charge in [0.05, 0.1) is 0 Å². The first kappa shape index (κ1) is 10.3. The van der Waals surface area contributed by atoms with Crippen molar-refractivity contribution in [1.82, 2.24) is 14.9 Å². The molecule has 1 aromatic heterocycles. The minimum atomic E-state index is 0.471. The molecule has 2 aliphatic heterocycles. The Hall–Kier alpha value is -0.870. The fourth-order valence-electron chi connectivity index (χ4n) is 2.84. The van der Waals surface area contributed by atoms with Gasteiger partial charge in [-0.2, -0.15) is 0 Å². The molecule has 2 atom stereocenters. The molecule has 4 nitrogen and oxygen atoms in total. The highest BCUT2D eigenvalue weighted by molar-refractivity contribution is 6.31. The SMILES string of the molecule is Clc1nccnc1NC1CCN2CCCC12. The third kappa shape index (κ3) is 1.76. The number of aromatic nitrogens is 2. The van der Waals surface area contributed by atoms with E-state index in [0.717, 1.165) is 5.82 Å². The average molecular weight is 239 g/mol. The van der Waals surface area contributed by atoms with E-state index in [1.165, 1.54) is 32.4 Å². The molecule has 0 amide bonds. The molecule has 16 heavy (non-hydrogen) atoms. The Morgan fingerprint density at radius 3 is 3.00 bits per heavy atom. The lowest BCUT2D eigenvalue weighted by Crippen LogP contribution is -2.34. The molecule has 86 valence electrons. The van der Waals surface area contributed by atoms with E-state index in [2.05, 4.69) is 20.2 Å². The predicted octanol–water partition coefficient (Wildman–Crippen LogP) is 1.78.